The number of carbonyl (C=O) groups is 1. The Morgan fingerprint density at radius 1 is 1.09 bits per heavy atom. The van der Waals surface area contributed by atoms with Crippen LogP contribution in [0.2, 0.25) is 0 Å². The summed E-state index contributed by atoms with van der Waals surface area (Å²) in [6.45, 7) is 8.22. The number of aromatic nitrogens is 1. The fourth-order valence-corrected chi connectivity index (χ4v) is 4.86. The summed E-state index contributed by atoms with van der Waals surface area (Å²) in [6, 6.07) is 11.4. The second-order valence-electron chi connectivity index (χ2n) is 7.62. The first-order chi connectivity index (χ1) is 16.1. The van der Waals surface area contributed by atoms with Crippen molar-refractivity contribution in [2.75, 3.05) is 37.9 Å². The van der Waals surface area contributed by atoms with Crippen LogP contribution >= 0.6 is 11.3 Å². The summed E-state index contributed by atoms with van der Waals surface area (Å²) in [5.74, 6) is 1.34. The third-order valence-electron chi connectivity index (χ3n) is 5.32. The zero-order valence-electron chi connectivity index (χ0n) is 19.3. The van der Waals surface area contributed by atoms with Crippen LogP contribution in [0, 0.1) is 0 Å². The highest BCUT2D eigenvalue weighted by molar-refractivity contribution is 7.22. The van der Waals surface area contributed by atoms with E-state index in [-0.39, 0.29) is 12.0 Å². The molecule has 0 N–H and O–H groups in total. The molecule has 0 radical (unpaired) electrons. The molecule has 2 heterocycles. The number of para-hydroxylation sites is 1. The fraction of sp³-hybridized carbons (Fsp3) is 0.440. The number of hydrogen-bond acceptors (Lipinski definition) is 7. The van der Waals surface area contributed by atoms with Gasteiger partial charge in [-0.05, 0) is 57.9 Å². The third kappa shape index (κ3) is 5.23. The van der Waals surface area contributed by atoms with E-state index in [1.807, 2.05) is 45.0 Å². The molecule has 33 heavy (non-hydrogen) atoms. The molecule has 1 aliphatic rings. The maximum Gasteiger partial charge on any atom is 0.260 e. The highest BCUT2D eigenvalue weighted by Gasteiger charge is 2.29. The Morgan fingerprint density at radius 3 is 2.39 bits per heavy atom. The highest BCUT2D eigenvalue weighted by Crippen LogP contribution is 2.40. The van der Waals surface area contributed by atoms with E-state index >= 15 is 0 Å². The number of amides is 1. The molecule has 1 atom stereocenters. The minimum Gasteiger partial charge on any atom is -0.490 e. The summed E-state index contributed by atoms with van der Waals surface area (Å²) in [4.78, 5) is 20.3. The van der Waals surface area contributed by atoms with Gasteiger partial charge in [-0.2, -0.15) is 0 Å². The maximum absolute atomic E-state index is 13.9. The molecule has 3 aromatic rings. The van der Waals surface area contributed by atoms with Gasteiger partial charge in [0.1, 0.15) is 0 Å². The second kappa shape index (κ2) is 10.9. The van der Waals surface area contributed by atoms with E-state index in [1.165, 1.54) is 11.3 Å². The van der Waals surface area contributed by atoms with Gasteiger partial charge in [0.25, 0.3) is 5.91 Å². The molecule has 0 saturated carbocycles. The Morgan fingerprint density at radius 2 is 1.79 bits per heavy atom. The van der Waals surface area contributed by atoms with Crippen molar-refractivity contribution in [3.8, 4) is 17.2 Å². The summed E-state index contributed by atoms with van der Waals surface area (Å²) < 4.78 is 24.3. The van der Waals surface area contributed by atoms with Crippen LogP contribution in [-0.2, 0) is 4.74 Å². The van der Waals surface area contributed by atoms with Crippen LogP contribution in [0.5, 0.6) is 17.2 Å². The molecular formula is C25H30N2O5S. The van der Waals surface area contributed by atoms with Crippen LogP contribution in [0.15, 0.2) is 36.4 Å². The van der Waals surface area contributed by atoms with Crippen LogP contribution in [0.3, 0.4) is 0 Å². The van der Waals surface area contributed by atoms with E-state index in [4.69, 9.17) is 23.9 Å². The minimum absolute atomic E-state index is 0.0126. The number of anilines is 1. The van der Waals surface area contributed by atoms with Crippen molar-refractivity contribution in [1.82, 2.24) is 4.98 Å². The van der Waals surface area contributed by atoms with Crippen molar-refractivity contribution < 1.29 is 23.7 Å². The standard InChI is InChI=1S/C25H30N2O5S/c1-4-29-20-14-17(15-21(30-5-2)23(20)31-6-3)24(28)27(16-18-10-9-13-32-18)25-26-19-11-7-8-12-22(19)33-25/h7-8,11-12,14-15,18H,4-6,9-10,13,16H2,1-3H3. The average Bonchev–Trinajstić information content (AvgIpc) is 3.49. The number of rotatable bonds is 10. The van der Waals surface area contributed by atoms with Crippen molar-refractivity contribution in [3.63, 3.8) is 0 Å². The smallest absolute Gasteiger partial charge is 0.260 e. The number of hydrogen-bond donors (Lipinski definition) is 0. The lowest BCUT2D eigenvalue weighted by Crippen LogP contribution is -2.37. The van der Waals surface area contributed by atoms with Crippen LogP contribution in [0.1, 0.15) is 44.0 Å². The number of carbonyl (C=O) groups excluding carboxylic acids is 1. The van der Waals surface area contributed by atoms with Gasteiger partial charge in [-0.15, -0.1) is 0 Å². The van der Waals surface area contributed by atoms with E-state index < -0.39 is 0 Å². The van der Waals surface area contributed by atoms with Gasteiger partial charge in [0.15, 0.2) is 16.6 Å². The largest absolute Gasteiger partial charge is 0.490 e. The van der Waals surface area contributed by atoms with E-state index in [9.17, 15) is 4.79 Å². The van der Waals surface area contributed by atoms with Crippen molar-refractivity contribution >= 4 is 32.6 Å². The maximum atomic E-state index is 13.9. The summed E-state index contributed by atoms with van der Waals surface area (Å²) in [6.07, 6.45) is 1.91. The molecule has 176 valence electrons. The molecule has 2 aromatic carbocycles. The van der Waals surface area contributed by atoms with Crippen molar-refractivity contribution in [1.29, 1.82) is 0 Å². The molecule has 1 amide bonds. The van der Waals surface area contributed by atoms with Crippen LogP contribution < -0.4 is 19.1 Å². The monoisotopic (exact) mass is 470 g/mol. The first-order valence-electron chi connectivity index (χ1n) is 11.5. The number of ether oxygens (including phenoxy) is 4. The summed E-state index contributed by atoms with van der Waals surface area (Å²) in [7, 11) is 0. The lowest BCUT2D eigenvalue weighted by Gasteiger charge is -2.24. The molecular weight excluding hydrogens is 440 g/mol. The molecule has 4 rings (SSSR count). The molecule has 1 unspecified atom stereocenters. The predicted molar refractivity (Wildman–Crippen MR) is 130 cm³/mol. The number of fused-ring (bicyclic) bond motifs is 1. The molecule has 7 nitrogen and oxygen atoms in total. The van der Waals surface area contributed by atoms with E-state index in [0.29, 0.717) is 54.3 Å². The first-order valence-corrected chi connectivity index (χ1v) is 12.3. The SMILES string of the molecule is CCOc1cc(C(=O)N(CC2CCCO2)c2nc3ccccc3s2)cc(OCC)c1OCC. The second-order valence-corrected chi connectivity index (χ2v) is 8.62. The van der Waals surface area contributed by atoms with Crippen LogP contribution in [0.4, 0.5) is 5.13 Å². The van der Waals surface area contributed by atoms with E-state index in [2.05, 4.69) is 0 Å². The Hall–Kier alpha value is -2.84. The lowest BCUT2D eigenvalue weighted by molar-refractivity contribution is 0.0916. The Bertz CT molecular complexity index is 1030. The third-order valence-corrected chi connectivity index (χ3v) is 6.38. The van der Waals surface area contributed by atoms with Gasteiger partial charge in [0.2, 0.25) is 5.75 Å². The number of thiazole rings is 1. The van der Waals surface area contributed by atoms with Crippen molar-refractivity contribution in [2.24, 2.45) is 0 Å². The van der Waals surface area contributed by atoms with Gasteiger partial charge in [-0.1, -0.05) is 23.5 Å². The van der Waals surface area contributed by atoms with Gasteiger partial charge < -0.3 is 18.9 Å². The Labute approximate surface area is 198 Å². The number of nitrogens with zero attached hydrogens (tertiary/aromatic N) is 2. The minimum atomic E-state index is -0.172. The summed E-state index contributed by atoms with van der Waals surface area (Å²) in [5.41, 5.74) is 1.34. The normalized spacial score (nSPS) is 15.5. The molecule has 0 aliphatic carbocycles. The van der Waals surface area contributed by atoms with Gasteiger partial charge >= 0.3 is 0 Å². The van der Waals surface area contributed by atoms with Gasteiger partial charge in [-0.3, -0.25) is 9.69 Å². The Balaban J connectivity index is 1.75. The lowest BCUT2D eigenvalue weighted by atomic mass is 10.1. The van der Waals surface area contributed by atoms with Crippen LogP contribution in [-0.4, -0.2) is 50.0 Å². The van der Waals surface area contributed by atoms with E-state index in [1.54, 1.807) is 17.0 Å². The zero-order chi connectivity index (χ0) is 23.2. The van der Waals surface area contributed by atoms with E-state index in [0.717, 1.165) is 29.7 Å². The average molecular weight is 471 g/mol. The van der Waals surface area contributed by atoms with Gasteiger partial charge in [0, 0.05) is 12.2 Å². The van der Waals surface area contributed by atoms with Gasteiger partial charge in [-0.25, -0.2) is 4.98 Å². The molecule has 1 saturated heterocycles. The molecule has 1 fully saturated rings. The molecule has 8 heteroatoms. The summed E-state index contributed by atoms with van der Waals surface area (Å²) >= 11 is 1.50. The quantitative estimate of drug-likeness (QED) is 0.400. The first kappa shape index (κ1) is 23.3. The Kier molecular flexibility index (Phi) is 7.67. The molecule has 0 bridgehead atoms. The predicted octanol–water partition coefficient (Wildman–Crippen LogP) is 5.32. The number of benzene rings is 2. The zero-order valence-corrected chi connectivity index (χ0v) is 20.2. The molecule has 1 aliphatic heterocycles. The van der Waals surface area contributed by atoms with Gasteiger partial charge in [0.05, 0.1) is 42.7 Å². The van der Waals surface area contributed by atoms with Crippen molar-refractivity contribution in [2.45, 2.75) is 39.7 Å². The fourth-order valence-electron chi connectivity index (χ4n) is 3.88. The molecule has 1 aromatic heterocycles. The van der Waals surface area contributed by atoms with Crippen molar-refractivity contribution in [3.05, 3.63) is 42.0 Å². The van der Waals surface area contributed by atoms with Crippen LogP contribution in [0.25, 0.3) is 10.2 Å². The topological polar surface area (TPSA) is 70.1 Å². The molecule has 0 spiro atoms. The highest BCUT2D eigenvalue weighted by atomic mass is 32.1. The summed E-state index contributed by atoms with van der Waals surface area (Å²) in [5, 5.41) is 0.654.